The van der Waals surface area contributed by atoms with Gasteiger partial charge in [-0.25, -0.2) is 0 Å². The maximum Gasteiger partial charge on any atom is 0.310 e. The summed E-state index contributed by atoms with van der Waals surface area (Å²) < 4.78 is 0. The third-order valence-corrected chi connectivity index (χ3v) is 4.99. The fraction of sp³-hybridized carbons (Fsp3) is 0.900. The largest absolute Gasteiger partial charge is 0.481 e. The normalized spacial score (nSPS) is 45.8. The van der Waals surface area contributed by atoms with Crippen LogP contribution in [0.1, 0.15) is 33.1 Å². The van der Waals surface area contributed by atoms with Crippen LogP contribution in [-0.4, -0.2) is 17.6 Å². The molecule has 0 unspecified atom stereocenters. The SMILES string of the molecule is CC1(C)[C@@]2(CN)CC[C@]1(C(=O)O)C2. The molecule has 3 aliphatic rings. The summed E-state index contributed by atoms with van der Waals surface area (Å²) in [5.41, 5.74) is 5.29. The van der Waals surface area contributed by atoms with Gasteiger partial charge in [0.15, 0.2) is 0 Å². The number of hydrogen-bond donors (Lipinski definition) is 2. The lowest BCUT2D eigenvalue weighted by molar-refractivity contribution is -0.185. The van der Waals surface area contributed by atoms with Crippen molar-refractivity contribution in [1.82, 2.24) is 0 Å². The molecule has 0 aromatic carbocycles. The Kier molecular flexibility index (Phi) is 1.44. The van der Waals surface area contributed by atoms with Gasteiger partial charge in [-0.2, -0.15) is 0 Å². The third kappa shape index (κ3) is 0.654. The summed E-state index contributed by atoms with van der Waals surface area (Å²) in [5, 5.41) is 9.22. The van der Waals surface area contributed by atoms with Crippen molar-refractivity contribution in [2.75, 3.05) is 6.54 Å². The van der Waals surface area contributed by atoms with E-state index in [1.165, 1.54) is 0 Å². The van der Waals surface area contributed by atoms with Crippen molar-refractivity contribution in [3.8, 4) is 0 Å². The summed E-state index contributed by atoms with van der Waals surface area (Å²) in [6.45, 7) is 4.75. The third-order valence-electron chi connectivity index (χ3n) is 4.99. The van der Waals surface area contributed by atoms with Gasteiger partial charge in [0.05, 0.1) is 5.41 Å². The molecule has 3 rings (SSSR count). The topological polar surface area (TPSA) is 63.3 Å². The van der Waals surface area contributed by atoms with E-state index in [-0.39, 0.29) is 10.8 Å². The number of rotatable bonds is 2. The van der Waals surface area contributed by atoms with E-state index in [1.807, 2.05) is 0 Å². The van der Waals surface area contributed by atoms with Crippen LogP contribution in [-0.2, 0) is 4.79 Å². The number of fused-ring (bicyclic) bond motifs is 1. The van der Waals surface area contributed by atoms with Crippen LogP contribution in [0.4, 0.5) is 0 Å². The first kappa shape index (κ1) is 9.00. The number of hydrogen-bond acceptors (Lipinski definition) is 2. The predicted molar refractivity (Wildman–Crippen MR) is 49.2 cm³/mol. The van der Waals surface area contributed by atoms with Crippen molar-refractivity contribution in [1.29, 1.82) is 0 Å². The molecule has 0 radical (unpaired) electrons. The quantitative estimate of drug-likeness (QED) is 0.676. The molecular weight excluding hydrogens is 166 g/mol. The molecule has 0 aromatic heterocycles. The molecule has 3 N–H and O–H groups in total. The van der Waals surface area contributed by atoms with Crippen LogP contribution < -0.4 is 5.73 Å². The molecule has 3 saturated carbocycles. The van der Waals surface area contributed by atoms with Gasteiger partial charge in [-0.05, 0) is 36.6 Å². The minimum atomic E-state index is -0.626. The van der Waals surface area contributed by atoms with Crippen LogP contribution in [0, 0.1) is 16.2 Å². The lowest BCUT2D eigenvalue weighted by atomic mass is 9.43. The summed E-state index contributed by atoms with van der Waals surface area (Å²) in [6.07, 6.45) is 2.59. The van der Waals surface area contributed by atoms with Gasteiger partial charge < -0.3 is 10.8 Å². The molecule has 0 amide bonds. The molecule has 74 valence electrons. The number of aliphatic carboxylic acids is 1. The van der Waals surface area contributed by atoms with Crippen molar-refractivity contribution in [2.45, 2.75) is 33.1 Å². The number of carboxylic acids is 1. The van der Waals surface area contributed by atoms with Gasteiger partial charge in [0.25, 0.3) is 0 Å². The first-order valence-corrected chi connectivity index (χ1v) is 4.85. The molecule has 3 nitrogen and oxygen atoms in total. The lowest BCUT2D eigenvalue weighted by Crippen LogP contribution is -2.62. The van der Waals surface area contributed by atoms with Crippen molar-refractivity contribution in [3.05, 3.63) is 0 Å². The molecule has 13 heavy (non-hydrogen) atoms. The zero-order chi connectivity index (χ0) is 9.91. The Bertz CT molecular complexity index is 274. The zero-order valence-electron chi connectivity index (χ0n) is 8.26. The minimum Gasteiger partial charge on any atom is -0.481 e. The summed E-state index contributed by atoms with van der Waals surface area (Å²) in [4.78, 5) is 11.2. The van der Waals surface area contributed by atoms with Crippen LogP contribution in [0.2, 0.25) is 0 Å². The highest BCUT2D eigenvalue weighted by Crippen LogP contribution is 2.77. The average molecular weight is 183 g/mol. The molecular formula is C10H17NO2. The maximum atomic E-state index is 11.2. The summed E-state index contributed by atoms with van der Waals surface area (Å²) in [7, 11) is 0. The Morgan fingerprint density at radius 2 is 2.08 bits per heavy atom. The van der Waals surface area contributed by atoms with E-state index in [0.29, 0.717) is 6.54 Å². The second-order valence-electron chi connectivity index (χ2n) is 5.17. The van der Waals surface area contributed by atoms with Crippen LogP contribution in [0.5, 0.6) is 0 Å². The summed E-state index contributed by atoms with van der Waals surface area (Å²) in [6, 6.07) is 0. The highest BCUT2D eigenvalue weighted by atomic mass is 16.4. The molecule has 3 fully saturated rings. The average Bonchev–Trinajstić information content (AvgIpc) is 2.55. The van der Waals surface area contributed by atoms with Gasteiger partial charge in [0.1, 0.15) is 0 Å². The van der Waals surface area contributed by atoms with Gasteiger partial charge in [0, 0.05) is 0 Å². The van der Waals surface area contributed by atoms with Crippen LogP contribution in [0.3, 0.4) is 0 Å². The molecule has 0 aliphatic heterocycles. The number of carboxylic acid groups (broad SMARTS) is 1. The van der Waals surface area contributed by atoms with Crippen LogP contribution >= 0.6 is 0 Å². The monoisotopic (exact) mass is 183 g/mol. The van der Waals surface area contributed by atoms with Gasteiger partial charge in [0.2, 0.25) is 0 Å². The predicted octanol–water partition coefficient (Wildman–Crippen LogP) is 1.23. The van der Waals surface area contributed by atoms with Gasteiger partial charge in [-0.1, -0.05) is 13.8 Å². The second kappa shape index (κ2) is 2.08. The zero-order valence-corrected chi connectivity index (χ0v) is 8.26. The summed E-state index contributed by atoms with van der Waals surface area (Å²) in [5.74, 6) is -0.626. The molecule has 3 heteroatoms. The Morgan fingerprint density at radius 1 is 1.46 bits per heavy atom. The van der Waals surface area contributed by atoms with E-state index >= 15 is 0 Å². The first-order valence-electron chi connectivity index (χ1n) is 4.85. The van der Waals surface area contributed by atoms with E-state index in [4.69, 9.17) is 5.73 Å². The van der Waals surface area contributed by atoms with Crippen LogP contribution in [0.15, 0.2) is 0 Å². The highest BCUT2D eigenvalue weighted by molar-refractivity contribution is 5.79. The lowest BCUT2D eigenvalue weighted by Gasteiger charge is -2.60. The second-order valence-corrected chi connectivity index (χ2v) is 5.17. The summed E-state index contributed by atoms with van der Waals surface area (Å²) >= 11 is 0. The highest BCUT2D eigenvalue weighted by Gasteiger charge is 2.76. The first-order chi connectivity index (χ1) is 5.92. The fourth-order valence-electron chi connectivity index (χ4n) is 3.55. The van der Waals surface area contributed by atoms with Crippen LogP contribution in [0.25, 0.3) is 0 Å². The molecule has 0 heterocycles. The van der Waals surface area contributed by atoms with E-state index in [1.54, 1.807) is 0 Å². The number of nitrogens with two attached hydrogens (primary N) is 1. The Labute approximate surface area is 78.3 Å². The van der Waals surface area contributed by atoms with Crippen molar-refractivity contribution >= 4 is 5.97 Å². The Hall–Kier alpha value is -0.570. The molecule has 3 aliphatic carbocycles. The van der Waals surface area contributed by atoms with E-state index < -0.39 is 11.4 Å². The van der Waals surface area contributed by atoms with Gasteiger partial charge in [-0.3, -0.25) is 4.79 Å². The molecule has 0 spiro atoms. The number of carbonyl (C=O) groups is 1. The molecule has 2 atom stereocenters. The Balaban J connectivity index is 2.38. The van der Waals surface area contributed by atoms with Crippen molar-refractivity contribution in [2.24, 2.45) is 22.0 Å². The van der Waals surface area contributed by atoms with E-state index in [9.17, 15) is 9.90 Å². The van der Waals surface area contributed by atoms with Gasteiger partial charge >= 0.3 is 5.97 Å². The van der Waals surface area contributed by atoms with Crippen molar-refractivity contribution in [3.63, 3.8) is 0 Å². The molecule has 0 saturated heterocycles. The Morgan fingerprint density at radius 3 is 2.31 bits per heavy atom. The molecule has 2 bridgehead atoms. The van der Waals surface area contributed by atoms with Gasteiger partial charge in [-0.15, -0.1) is 0 Å². The fourth-order valence-corrected chi connectivity index (χ4v) is 3.55. The van der Waals surface area contributed by atoms with E-state index in [2.05, 4.69) is 13.8 Å². The minimum absolute atomic E-state index is 0.111. The van der Waals surface area contributed by atoms with Crippen molar-refractivity contribution < 1.29 is 9.90 Å². The smallest absolute Gasteiger partial charge is 0.310 e. The standard InChI is InChI=1S/C10H17NO2/c1-8(2)9(6-11)3-4-10(8,5-9)7(12)13/h3-6,11H2,1-2H3,(H,12,13)/t9-,10+/m0/s1. The molecule has 0 aromatic rings. The van der Waals surface area contributed by atoms with E-state index in [0.717, 1.165) is 19.3 Å². The maximum absolute atomic E-state index is 11.2.